The number of aromatic nitrogens is 2. The molecule has 0 saturated heterocycles. The minimum Gasteiger partial charge on any atom is -0.295 e. The van der Waals surface area contributed by atoms with E-state index in [9.17, 15) is 4.79 Å². The Morgan fingerprint density at radius 3 is 2.59 bits per heavy atom. The Bertz CT molecular complexity index is 560. The van der Waals surface area contributed by atoms with Crippen LogP contribution in [0.4, 0.5) is 0 Å². The van der Waals surface area contributed by atoms with Crippen LogP contribution in [0.1, 0.15) is 17.3 Å². The standard InChI is InChI=1S/C13H15N2OP/c1-9(16)10-4-11(6-13(5-10)17-3)12-7-14-15(2)8-12/h4-8,17H,1-3H3. The third-order valence-electron chi connectivity index (χ3n) is 2.67. The fourth-order valence-electron chi connectivity index (χ4n) is 1.71. The lowest BCUT2D eigenvalue weighted by molar-refractivity contribution is 0.101. The second-order valence-corrected chi connectivity index (χ2v) is 5.09. The summed E-state index contributed by atoms with van der Waals surface area (Å²) in [6.07, 6.45) is 3.78. The van der Waals surface area contributed by atoms with E-state index >= 15 is 0 Å². The number of carbonyl (C=O) groups excluding carboxylic acids is 1. The zero-order valence-electron chi connectivity index (χ0n) is 10.2. The van der Waals surface area contributed by atoms with E-state index in [0.29, 0.717) is 8.58 Å². The Morgan fingerprint density at radius 2 is 2.06 bits per heavy atom. The van der Waals surface area contributed by atoms with Gasteiger partial charge < -0.3 is 0 Å². The SMILES string of the molecule is CPc1cc(C(C)=O)cc(-c2cnn(C)c2)c1. The largest absolute Gasteiger partial charge is 0.295 e. The lowest BCUT2D eigenvalue weighted by Gasteiger charge is -2.05. The molecule has 4 heteroatoms. The van der Waals surface area contributed by atoms with Crippen LogP contribution in [0.25, 0.3) is 11.1 Å². The lowest BCUT2D eigenvalue weighted by Crippen LogP contribution is -2.01. The van der Waals surface area contributed by atoms with Gasteiger partial charge in [0, 0.05) is 24.4 Å². The molecule has 0 radical (unpaired) electrons. The Morgan fingerprint density at radius 1 is 1.29 bits per heavy atom. The first-order valence-electron chi connectivity index (χ1n) is 5.43. The van der Waals surface area contributed by atoms with E-state index in [1.807, 2.05) is 31.6 Å². The summed E-state index contributed by atoms with van der Waals surface area (Å²) in [6.45, 7) is 3.72. The van der Waals surface area contributed by atoms with Gasteiger partial charge in [0.05, 0.1) is 6.20 Å². The van der Waals surface area contributed by atoms with Crippen LogP contribution in [-0.4, -0.2) is 22.2 Å². The van der Waals surface area contributed by atoms with Crippen LogP contribution in [0.2, 0.25) is 0 Å². The van der Waals surface area contributed by atoms with E-state index in [0.717, 1.165) is 16.7 Å². The number of Topliss-reactive ketones (excluding diaryl/α,β-unsaturated/α-hetero) is 1. The number of carbonyl (C=O) groups is 1. The summed E-state index contributed by atoms with van der Waals surface area (Å²) in [4.78, 5) is 11.5. The normalized spacial score (nSPS) is 11.2. The molecule has 1 aromatic carbocycles. The van der Waals surface area contributed by atoms with Crippen LogP contribution in [0.5, 0.6) is 0 Å². The molecule has 1 heterocycles. The van der Waals surface area contributed by atoms with Gasteiger partial charge in [-0.05, 0) is 42.7 Å². The summed E-state index contributed by atoms with van der Waals surface area (Å²) in [6, 6.07) is 6.03. The smallest absolute Gasteiger partial charge is 0.159 e. The highest BCUT2D eigenvalue weighted by Crippen LogP contribution is 2.21. The molecule has 1 aromatic heterocycles. The van der Waals surface area contributed by atoms with Crippen LogP contribution in [0.3, 0.4) is 0 Å². The molecule has 17 heavy (non-hydrogen) atoms. The van der Waals surface area contributed by atoms with Gasteiger partial charge in [-0.15, -0.1) is 0 Å². The first kappa shape index (κ1) is 12.0. The second kappa shape index (κ2) is 4.80. The fraction of sp³-hybridized carbons (Fsp3) is 0.231. The van der Waals surface area contributed by atoms with Crippen molar-refractivity contribution in [1.82, 2.24) is 9.78 Å². The molecule has 0 aliphatic heterocycles. The highest BCUT2D eigenvalue weighted by molar-refractivity contribution is 7.46. The van der Waals surface area contributed by atoms with Crippen molar-refractivity contribution in [2.75, 3.05) is 6.66 Å². The maximum absolute atomic E-state index is 11.5. The van der Waals surface area contributed by atoms with Crippen LogP contribution < -0.4 is 5.30 Å². The molecule has 3 nitrogen and oxygen atoms in total. The molecular weight excluding hydrogens is 231 g/mol. The molecule has 0 spiro atoms. The molecule has 0 aliphatic carbocycles. The summed E-state index contributed by atoms with van der Waals surface area (Å²) in [5.74, 6) is 0.107. The molecular formula is C13H15N2OP. The van der Waals surface area contributed by atoms with Crippen molar-refractivity contribution in [2.45, 2.75) is 6.92 Å². The number of nitrogens with zero attached hydrogens (tertiary/aromatic N) is 2. The molecule has 88 valence electrons. The van der Waals surface area contributed by atoms with Crippen molar-refractivity contribution < 1.29 is 4.79 Å². The van der Waals surface area contributed by atoms with E-state index in [4.69, 9.17) is 0 Å². The summed E-state index contributed by atoms with van der Waals surface area (Å²) in [7, 11) is 2.58. The number of rotatable bonds is 3. The molecule has 0 fully saturated rings. The minimum atomic E-state index is 0.107. The molecule has 0 amide bonds. The molecule has 2 rings (SSSR count). The van der Waals surface area contributed by atoms with Gasteiger partial charge in [-0.2, -0.15) is 5.10 Å². The predicted octanol–water partition coefficient (Wildman–Crippen LogP) is 2.22. The van der Waals surface area contributed by atoms with E-state index in [2.05, 4.69) is 17.8 Å². The Labute approximate surface area is 103 Å². The van der Waals surface area contributed by atoms with E-state index < -0.39 is 0 Å². The molecule has 0 N–H and O–H groups in total. The van der Waals surface area contributed by atoms with E-state index in [1.54, 1.807) is 11.6 Å². The third kappa shape index (κ3) is 2.62. The number of hydrogen-bond acceptors (Lipinski definition) is 2. The number of ketones is 1. The summed E-state index contributed by atoms with van der Waals surface area (Å²) >= 11 is 0. The lowest BCUT2D eigenvalue weighted by atomic mass is 10.0. The van der Waals surface area contributed by atoms with Crippen molar-refractivity contribution in [2.24, 2.45) is 7.05 Å². The van der Waals surface area contributed by atoms with Gasteiger partial charge in [0.1, 0.15) is 0 Å². The summed E-state index contributed by atoms with van der Waals surface area (Å²) < 4.78 is 1.77. The van der Waals surface area contributed by atoms with Crippen LogP contribution in [-0.2, 0) is 7.05 Å². The van der Waals surface area contributed by atoms with E-state index in [1.165, 1.54) is 5.30 Å². The van der Waals surface area contributed by atoms with Crippen LogP contribution >= 0.6 is 8.58 Å². The Kier molecular flexibility index (Phi) is 3.39. The highest BCUT2D eigenvalue weighted by Gasteiger charge is 2.07. The Hall–Kier alpha value is -1.47. The van der Waals surface area contributed by atoms with Gasteiger partial charge in [0.2, 0.25) is 0 Å². The minimum absolute atomic E-state index is 0.107. The number of aryl methyl sites for hydroxylation is 1. The van der Waals surface area contributed by atoms with Crippen molar-refractivity contribution in [3.63, 3.8) is 0 Å². The predicted molar refractivity (Wildman–Crippen MR) is 72.5 cm³/mol. The first-order valence-corrected chi connectivity index (χ1v) is 6.93. The van der Waals surface area contributed by atoms with Crippen molar-refractivity contribution in [1.29, 1.82) is 0 Å². The van der Waals surface area contributed by atoms with Crippen LogP contribution in [0, 0.1) is 0 Å². The third-order valence-corrected chi connectivity index (χ3v) is 3.53. The monoisotopic (exact) mass is 246 g/mol. The average molecular weight is 246 g/mol. The maximum atomic E-state index is 11.5. The van der Waals surface area contributed by atoms with Crippen molar-refractivity contribution in [3.05, 3.63) is 36.2 Å². The second-order valence-electron chi connectivity index (χ2n) is 4.01. The molecule has 1 atom stereocenters. The van der Waals surface area contributed by atoms with E-state index in [-0.39, 0.29) is 5.78 Å². The van der Waals surface area contributed by atoms with Gasteiger partial charge in [-0.3, -0.25) is 9.48 Å². The van der Waals surface area contributed by atoms with Crippen LogP contribution in [0.15, 0.2) is 30.6 Å². The van der Waals surface area contributed by atoms with Gasteiger partial charge in [0.25, 0.3) is 0 Å². The molecule has 2 aromatic rings. The first-order chi connectivity index (χ1) is 8.10. The zero-order valence-corrected chi connectivity index (χ0v) is 11.2. The summed E-state index contributed by atoms with van der Waals surface area (Å²) in [5.41, 5.74) is 2.89. The molecule has 0 bridgehead atoms. The maximum Gasteiger partial charge on any atom is 0.159 e. The van der Waals surface area contributed by atoms with Gasteiger partial charge in [0.15, 0.2) is 5.78 Å². The molecule has 1 unspecified atom stereocenters. The molecule has 0 saturated carbocycles. The van der Waals surface area contributed by atoms with Crippen molar-refractivity contribution in [3.8, 4) is 11.1 Å². The van der Waals surface area contributed by atoms with Gasteiger partial charge in [-0.25, -0.2) is 0 Å². The van der Waals surface area contributed by atoms with Gasteiger partial charge in [-0.1, -0.05) is 8.58 Å². The number of benzene rings is 1. The summed E-state index contributed by atoms with van der Waals surface area (Å²) in [5, 5.41) is 5.36. The molecule has 0 aliphatic rings. The average Bonchev–Trinajstić information content (AvgIpc) is 2.75. The number of hydrogen-bond donors (Lipinski definition) is 0. The van der Waals surface area contributed by atoms with Crippen molar-refractivity contribution >= 4 is 19.7 Å². The Balaban J connectivity index is 2.53. The van der Waals surface area contributed by atoms with Gasteiger partial charge >= 0.3 is 0 Å². The highest BCUT2D eigenvalue weighted by atomic mass is 31.1. The quantitative estimate of drug-likeness (QED) is 0.615. The fourth-order valence-corrected chi connectivity index (χ4v) is 2.31. The zero-order chi connectivity index (χ0) is 12.4. The topological polar surface area (TPSA) is 34.9 Å².